The molecule has 2 aromatic heterocycles. The first-order valence-electron chi connectivity index (χ1n) is 5.95. The minimum absolute atomic E-state index is 0.0740. The van der Waals surface area contributed by atoms with Crippen LogP contribution in [0, 0.1) is 0 Å². The molecule has 0 fully saturated rings. The Morgan fingerprint density at radius 2 is 2.16 bits per heavy atom. The van der Waals surface area contributed by atoms with Gasteiger partial charge in [0.15, 0.2) is 0 Å². The molecule has 6 heteroatoms. The minimum atomic E-state index is -0.437. The number of aromatic nitrogens is 2. The molecule has 1 N–H and O–H groups in total. The van der Waals surface area contributed by atoms with Gasteiger partial charge in [-0.1, -0.05) is 6.07 Å². The Morgan fingerprint density at radius 1 is 1.42 bits per heavy atom. The van der Waals surface area contributed by atoms with E-state index in [1.807, 2.05) is 0 Å². The summed E-state index contributed by atoms with van der Waals surface area (Å²) in [5, 5.41) is 2.94. The van der Waals surface area contributed by atoms with Crippen LogP contribution in [-0.2, 0) is 4.79 Å². The molecule has 1 atom stereocenters. The third-order valence-corrected chi connectivity index (χ3v) is 2.75. The van der Waals surface area contributed by atoms with Crippen LogP contribution < -0.4 is 10.9 Å². The summed E-state index contributed by atoms with van der Waals surface area (Å²) in [6.07, 6.45) is 1.66. The van der Waals surface area contributed by atoms with Gasteiger partial charge >= 0.3 is 0 Å². The van der Waals surface area contributed by atoms with Crippen molar-refractivity contribution in [2.45, 2.75) is 13.0 Å². The molecule has 0 unspecified atom stereocenters. The summed E-state index contributed by atoms with van der Waals surface area (Å²) in [5.41, 5.74) is 0.361. The molecule has 0 spiro atoms. The topological polar surface area (TPSA) is 66.7 Å². The van der Waals surface area contributed by atoms with Gasteiger partial charge in [0.05, 0.1) is 0 Å². The summed E-state index contributed by atoms with van der Waals surface area (Å²) >= 11 is 0. The minimum Gasteiger partial charge on any atom is -0.358 e. The molecule has 0 saturated heterocycles. The van der Waals surface area contributed by atoms with Crippen molar-refractivity contribution in [1.29, 1.82) is 0 Å². The van der Waals surface area contributed by atoms with E-state index in [1.54, 1.807) is 45.4 Å². The SMILES string of the molecule is C[C@H](Nc1cc(=O)n2ccccc2n1)C(=O)N(C)C. The van der Waals surface area contributed by atoms with Gasteiger partial charge < -0.3 is 10.2 Å². The van der Waals surface area contributed by atoms with Crippen LogP contribution in [0.4, 0.5) is 5.82 Å². The maximum absolute atomic E-state index is 11.9. The standard InChI is InChI=1S/C13H16N4O2/c1-9(13(19)16(2)3)14-10-8-12(18)17-7-5-4-6-11(17)15-10/h4-9,14H,1-3H3/t9-/m0/s1. The van der Waals surface area contributed by atoms with E-state index in [9.17, 15) is 9.59 Å². The Balaban J connectivity index is 2.32. The average molecular weight is 260 g/mol. The normalized spacial score (nSPS) is 12.2. The number of hydrogen-bond acceptors (Lipinski definition) is 4. The average Bonchev–Trinajstić information content (AvgIpc) is 2.37. The highest BCUT2D eigenvalue weighted by atomic mass is 16.2. The Labute approximate surface area is 110 Å². The van der Waals surface area contributed by atoms with Gasteiger partial charge in [-0.15, -0.1) is 0 Å². The van der Waals surface area contributed by atoms with Crippen molar-refractivity contribution in [3.63, 3.8) is 0 Å². The number of anilines is 1. The first kappa shape index (κ1) is 13.1. The van der Waals surface area contributed by atoms with Gasteiger partial charge in [0.25, 0.3) is 5.56 Å². The van der Waals surface area contributed by atoms with Crippen LogP contribution in [0.15, 0.2) is 35.3 Å². The zero-order valence-corrected chi connectivity index (χ0v) is 11.1. The summed E-state index contributed by atoms with van der Waals surface area (Å²) in [6.45, 7) is 1.73. The number of carbonyl (C=O) groups is 1. The van der Waals surface area contributed by atoms with Gasteiger partial charge in [-0.3, -0.25) is 14.0 Å². The van der Waals surface area contributed by atoms with E-state index >= 15 is 0 Å². The molecule has 2 aromatic rings. The van der Waals surface area contributed by atoms with Crippen LogP contribution in [0.5, 0.6) is 0 Å². The molecule has 6 nitrogen and oxygen atoms in total. The summed E-state index contributed by atoms with van der Waals surface area (Å²) < 4.78 is 1.45. The van der Waals surface area contributed by atoms with Crippen molar-refractivity contribution in [1.82, 2.24) is 14.3 Å². The Kier molecular flexibility index (Phi) is 3.50. The maximum Gasteiger partial charge on any atom is 0.259 e. The van der Waals surface area contributed by atoms with E-state index in [0.29, 0.717) is 11.5 Å². The molecule has 0 radical (unpaired) electrons. The lowest BCUT2D eigenvalue weighted by Crippen LogP contribution is -2.37. The Morgan fingerprint density at radius 3 is 2.84 bits per heavy atom. The molecular weight excluding hydrogens is 244 g/mol. The third-order valence-electron chi connectivity index (χ3n) is 2.75. The van der Waals surface area contributed by atoms with Gasteiger partial charge in [0.2, 0.25) is 5.91 Å². The van der Waals surface area contributed by atoms with Crippen LogP contribution in [0.1, 0.15) is 6.92 Å². The first-order chi connectivity index (χ1) is 8.99. The summed E-state index contributed by atoms with van der Waals surface area (Å²) in [7, 11) is 3.37. The number of nitrogens with one attached hydrogen (secondary N) is 1. The molecule has 19 heavy (non-hydrogen) atoms. The Hall–Kier alpha value is -2.37. The zero-order valence-electron chi connectivity index (χ0n) is 11.1. The predicted molar refractivity (Wildman–Crippen MR) is 73.2 cm³/mol. The number of rotatable bonds is 3. The van der Waals surface area contributed by atoms with Crippen LogP contribution in [-0.4, -0.2) is 40.3 Å². The van der Waals surface area contributed by atoms with Crippen LogP contribution in [0.3, 0.4) is 0 Å². The molecular formula is C13H16N4O2. The monoisotopic (exact) mass is 260 g/mol. The molecule has 0 bridgehead atoms. The van der Waals surface area contributed by atoms with Crippen LogP contribution >= 0.6 is 0 Å². The fourth-order valence-corrected chi connectivity index (χ4v) is 1.80. The third kappa shape index (κ3) is 2.73. The number of amides is 1. The first-order valence-corrected chi connectivity index (χ1v) is 5.95. The highest BCUT2D eigenvalue weighted by Gasteiger charge is 2.15. The lowest BCUT2D eigenvalue weighted by atomic mass is 10.3. The van der Waals surface area contributed by atoms with E-state index in [4.69, 9.17) is 0 Å². The Bertz CT molecular complexity index is 663. The molecule has 0 aliphatic heterocycles. The highest BCUT2D eigenvalue weighted by Crippen LogP contribution is 2.05. The van der Waals surface area contributed by atoms with E-state index in [-0.39, 0.29) is 11.5 Å². The van der Waals surface area contributed by atoms with Crippen molar-refractivity contribution in [3.8, 4) is 0 Å². The quantitative estimate of drug-likeness (QED) is 0.876. The number of pyridine rings is 1. The summed E-state index contributed by atoms with van der Waals surface area (Å²) in [4.78, 5) is 29.4. The van der Waals surface area contributed by atoms with Crippen molar-refractivity contribution in [3.05, 3.63) is 40.8 Å². The van der Waals surface area contributed by atoms with Crippen LogP contribution in [0.2, 0.25) is 0 Å². The van der Waals surface area contributed by atoms with Crippen LogP contribution in [0.25, 0.3) is 5.65 Å². The van der Waals surface area contributed by atoms with E-state index in [0.717, 1.165) is 0 Å². The van der Waals surface area contributed by atoms with Gasteiger partial charge in [-0.05, 0) is 19.1 Å². The molecule has 0 saturated carbocycles. The van der Waals surface area contributed by atoms with Crippen molar-refractivity contribution in [2.24, 2.45) is 0 Å². The lowest BCUT2D eigenvalue weighted by Gasteiger charge is -2.18. The van der Waals surface area contributed by atoms with Gasteiger partial charge in [-0.2, -0.15) is 0 Å². The fraction of sp³-hybridized carbons (Fsp3) is 0.308. The molecule has 0 aliphatic rings. The van der Waals surface area contributed by atoms with Crippen molar-refractivity contribution in [2.75, 3.05) is 19.4 Å². The molecule has 1 amide bonds. The number of nitrogens with zero attached hydrogens (tertiary/aromatic N) is 3. The summed E-state index contributed by atoms with van der Waals surface area (Å²) in [6, 6.07) is 6.26. The molecule has 2 rings (SSSR count). The largest absolute Gasteiger partial charge is 0.358 e. The fourth-order valence-electron chi connectivity index (χ4n) is 1.80. The smallest absolute Gasteiger partial charge is 0.259 e. The maximum atomic E-state index is 11.9. The number of fused-ring (bicyclic) bond motifs is 1. The number of likely N-dealkylation sites (N-methyl/N-ethyl adjacent to an activating group) is 1. The van der Waals surface area contributed by atoms with Gasteiger partial charge in [0.1, 0.15) is 17.5 Å². The van der Waals surface area contributed by atoms with E-state index < -0.39 is 6.04 Å². The van der Waals surface area contributed by atoms with Gasteiger partial charge in [-0.25, -0.2) is 4.98 Å². The summed E-state index contributed by atoms with van der Waals surface area (Å²) in [5.74, 6) is 0.328. The van der Waals surface area contributed by atoms with Crippen molar-refractivity contribution >= 4 is 17.4 Å². The van der Waals surface area contributed by atoms with E-state index in [1.165, 1.54) is 15.4 Å². The molecule has 0 aromatic carbocycles. The van der Waals surface area contributed by atoms with Crippen molar-refractivity contribution < 1.29 is 4.79 Å². The molecule has 2 heterocycles. The second-order valence-electron chi connectivity index (χ2n) is 4.51. The second kappa shape index (κ2) is 5.09. The molecule has 100 valence electrons. The lowest BCUT2D eigenvalue weighted by molar-refractivity contribution is -0.129. The highest BCUT2D eigenvalue weighted by molar-refractivity contribution is 5.83. The zero-order chi connectivity index (χ0) is 14.0. The predicted octanol–water partition coefficient (Wildman–Crippen LogP) is 0.583. The molecule has 0 aliphatic carbocycles. The number of carbonyl (C=O) groups excluding carboxylic acids is 1. The second-order valence-corrected chi connectivity index (χ2v) is 4.51. The van der Waals surface area contributed by atoms with Gasteiger partial charge in [0, 0.05) is 26.4 Å². The number of hydrogen-bond donors (Lipinski definition) is 1. The van der Waals surface area contributed by atoms with E-state index in [2.05, 4.69) is 10.3 Å².